The lowest BCUT2D eigenvalue weighted by Crippen LogP contribution is -2.34. The molecule has 0 bridgehead atoms. The van der Waals surface area contributed by atoms with Crippen molar-refractivity contribution < 1.29 is 9.90 Å². The number of carbonyl (C=O) groups is 1. The van der Waals surface area contributed by atoms with E-state index < -0.39 is 6.10 Å². The van der Waals surface area contributed by atoms with Crippen LogP contribution in [0.3, 0.4) is 0 Å². The van der Waals surface area contributed by atoms with Crippen LogP contribution in [0.25, 0.3) is 0 Å². The molecule has 0 saturated carbocycles. The van der Waals surface area contributed by atoms with Crippen LogP contribution < -0.4 is 0 Å². The first-order chi connectivity index (χ1) is 5.24. The molecule has 0 aromatic heterocycles. The summed E-state index contributed by atoms with van der Waals surface area (Å²) in [6.07, 6.45) is 2.66. The molecule has 1 rings (SSSR count). The van der Waals surface area contributed by atoms with E-state index in [4.69, 9.17) is 16.7 Å². The second-order valence-electron chi connectivity index (χ2n) is 2.45. The Morgan fingerprint density at radius 2 is 2.55 bits per heavy atom. The Morgan fingerprint density at radius 1 is 1.82 bits per heavy atom. The lowest BCUT2D eigenvalue weighted by Gasteiger charge is -2.17. The Kier molecular flexibility index (Phi) is 2.91. The van der Waals surface area contributed by atoms with E-state index in [0.29, 0.717) is 13.1 Å². The summed E-state index contributed by atoms with van der Waals surface area (Å²) in [6.45, 7) is 0.919. The molecule has 11 heavy (non-hydrogen) atoms. The molecule has 1 heterocycles. The smallest absolute Gasteiger partial charge is 0.246 e. The van der Waals surface area contributed by atoms with Gasteiger partial charge in [0.2, 0.25) is 5.91 Å². The van der Waals surface area contributed by atoms with E-state index in [1.807, 2.05) is 0 Å². The van der Waals surface area contributed by atoms with Gasteiger partial charge in [0.15, 0.2) is 0 Å². The van der Waals surface area contributed by atoms with Gasteiger partial charge in [0, 0.05) is 19.2 Å². The molecule has 1 aliphatic heterocycles. The Bertz CT molecular complexity index is 181. The fraction of sp³-hybridized carbons (Fsp3) is 0.571. The minimum absolute atomic E-state index is 0.0471. The maximum atomic E-state index is 10.9. The van der Waals surface area contributed by atoms with Gasteiger partial charge in [-0.2, -0.15) is 0 Å². The van der Waals surface area contributed by atoms with E-state index >= 15 is 0 Å². The average Bonchev–Trinajstić information content (AvgIpc) is 2.37. The fourth-order valence-electron chi connectivity index (χ4n) is 0.944. The zero-order valence-corrected chi connectivity index (χ0v) is 6.79. The first kappa shape index (κ1) is 8.56. The third kappa shape index (κ3) is 2.20. The van der Waals surface area contributed by atoms with Gasteiger partial charge in [0.1, 0.15) is 0 Å². The number of aliphatic hydroxyl groups excluding tert-OH is 1. The van der Waals surface area contributed by atoms with Gasteiger partial charge in [-0.05, 0) is 0 Å². The lowest BCUT2D eigenvalue weighted by molar-refractivity contribution is -0.125. The third-order valence-electron chi connectivity index (χ3n) is 1.51. The van der Waals surface area contributed by atoms with Crippen molar-refractivity contribution in [3.63, 3.8) is 0 Å². The zero-order valence-electron chi connectivity index (χ0n) is 6.03. The SMILES string of the molecule is O=C1C=CCN1C[C@@H](O)CCl. The van der Waals surface area contributed by atoms with Crippen molar-refractivity contribution in [1.29, 1.82) is 0 Å². The Hall–Kier alpha value is -0.540. The van der Waals surface area contributed by atoms with Crippen molar-refractivity contribution in [2.45, 2.75) is 6.10 Å². The summed E-state index contributed by atoms with van der Waals surface area (Å²) in [5, 5.41) is 9.08. The topological polar surface area (TPSA) is 40.5 Å². The Morgan fingerprint density at radius 3 is 3.00 bits per heavy atom. The molecule has 0 spiro atoms. The molecule has 0 unspecified atom stereocenters. The van der Waals surface area contributed by atoms with Gasteiger partial charge in [-0.3, -0.25) is 4.79 Å². The first-order valence-corrected chi connectivity index (χ1v) is 3.97. The molecular formula is C7H10ClNO2. The highest BCUT2D eigenvalue weighted by molar-refractivity contribution is 6.18. The molecule has 0 radical (unpaired) electrons. The summed E-state index contributed by atoms with van der Waals surface area (Å²) in [5.41, 5.74) is 0. The number of carbonyl (C=O) groups excluding carboxylic acids is 1. The van der Waals surface area contributed by atoms with Crippen LogP contribution in [0, 0.1) is 0 Å². The molecule has 1 aliphatic rings. The van der Waals surface area contributed by atoms with Crippen LogP contribution >= 0.6 is 11.6 Å². The maximum Gasteiger partial charge on any atom is 0.246 e. The monoisotopic (exact) mass is 175 g/mol. The van der Waals surface area contributed by atoms with Crippen LogP contribution in [0.1, 0.15) is 0 Å². The van der Waals surface area contributed by atoms with E-state index in [0.717, 1.165) is 0 Å². The van der Waals surface area contributed by atoms with Gasteiger partial charge < -0.3 is 10.0 Å². The Labute approximate surface area is 70.3 Å². The molecule has 3 nitrogen and oxygen atoms in total. The summed E-state index contributed by atoms with van der Waals surface area (Å²) >= 11 is 5.37. The van der Waals surface area contributed by atoms with Crippen LogP contribution in [0.15, 0.2) is 12.2 Å². The van der Waals surface area contributed by atoms with Gasteiger partial charge in [0.05, 0.1) is 12.0 Å². The first-order valence-electron chi connectivity index (χ1n) is 3.43. The van der Waals surface area contributed by atoms with Crippen molar-refractivity contribution in [3.05, 3.63) is 12.2 Å². The molecule has 0 aromatic carbocycles. The predicted molar refractivity (Wildman–Crippen MR) is 42.4 cm³/mol. The maximum absolute atomic E-state index is 10.9. The van der Waals surface area contributed by atoms with E-state index in [9.17, 15) is 4.79 Å². The highest BCUT2D eigenvalue weighted by Crippen LogP contribution is 2.02. The van der Waals surface area contributed by atoms with Gasteiger partial charge >= 0.3 is 0 Å². The van der Waals surface area contributed by atoms with Crippen molar-refractivity contribution in [2.75, 3.05) is 19.0 Å². The normalized spacial score (nSPS) is 19.5. The van der Waals surface area contributed by atoms with Crippen molar-refractivity contribution in [3.8, 4) is 0 Å². The van der Waals surface area contributed by atoms with Crippen molar-refractivity contribution >= 4 is 17.5 Å². The summed E-state index contributed by atoms with van der Waals surface area (Å²) in [5.74, 6) is 0.123. The molecular weight excluding hydrogens is 166 g/mol. The highest BCUT2D eigenvalue weighted by Gasteiger charge is 2.17. The molecule has 0 aliphatic carbocycles. The van der Waals surface area contributed by atoms with Crippen molar-refractivity contribution in [2.24, 2.45) is 0 Å². The average molecular weight is 176 g/mol. The van der Waals surface area contributed by atoms with Crippen LogP contribution in [0.2, 0.25) is 0 Å². The molecule has 0 aromatic rings. The Balaban J connectivity index is 2.33. The fourth-order valence-corrected chi connectivity index (χ4v) is 1.04. The summed E-state index contributed by atoms with van der Waals surface area (Å²) in [4.78, 5) is 12.5. The summed E-state index contributed by atoms with van der Waals surface area (Å²) in [7, 11) is 0. The number of nitrogens with zero attached hydrogens (tertiary/aromatic N) is 1. The number of rotatable bonds is 3. The van der Waals surface area contributed by atoms with E-state index in [-0.39, 0.29) is 11.8 Å². The number of aliphatic hydroxyl groups is 1. The van der Waals surface area contributed by atoms with Crippen LogP contribution in [0.5, 0.6) is 0 Å². The quantitative estimate of drug-likeness (QED) is 0.613. The summed E-state index contributed by atoms with van der Waals surface area (Å²) in [6, 6.07) is 0. The number of hydrogen-bond acceptors (Lipinski definition) is 2. The number of β-amino-alcohol motifs (C(OH)–C–C–N with tert-alkyl or cyclic N) is 1. The second-order valence-corrected chi connectivity index (χ2v) is 2.76. The van der Waals surface area contributed by atoms with E-state index in [1.54, 1.807) is 11.0 Å². The molecule has 1 atom stereocenters. The van der Waals surface area contributed by atoms with E-state index in [1.165, 1.54) is 6.08 Å². The van der Waals surface area contributed by atoms with Crippen LogP contribution in [0.4, 0.5) is 0 Å². The van der Waals surface area contributed by atoms with Gasteiger partial charge in [-0.15, -0.1) is 11.6 Å². The minimum atomic E-state index is -0.611. The van der Waals surface area contributed by atoms with E-state index in [2.05, 4.69) is 0 Å². The highest BCUT2D eigenvalue weighted by atomic mass is 35.5. The predicted octanol–water partition coefficient (Wildman–Crippen LogP) is -0.0155. The van der Waals surface area contributed by atoms with Gasteiger partial charge in [0.25, 0.3) is 0 Å². The minimum Gasteiger partial charge on any atom is -0.390 e. The van der Waals surface area contributed by atoms with Gasteiger partial charge in [-0.25, -0.2) is 0 Å². The second kappa shape index (κ2) is 3.74. The molecule has 62 valence electrons. The molecule has 1 amide bonds. The van der Waals surface area contributed by atoms with Crippen LogP contribution in [-0.4, -0.2) is 41.0 Å². The number of alkyl halides is 1. The van der Waals surface area contributed by atoms with Crippen LogP contribution in [-0.2, 0) is 4.79 Å². The number of halogens is 1. The molecule has 0 fully saturated rings. The third-order valence-corrected chi connectivity index (χ3v) is 1.86. The standard InChI is InChI=1S/C7H10ClNO2/c8-4-6(10)5-9-3-1-2-7(9)11/h1-2,6,10H,3-5H2/t6-/m0/s1. The zero-order chi connectivity index (χ0) is 8.27. The van der Waals surface area contributed by atoms with Gasteiger partial charge in [-0.1, -0.05) is 6.08 Å². The molecule has 0 saturated heterocycles. The number of amides is 1. The number of hydrogen-bond donors (Lipinski definition) is 1. The largest absolute Gasteiger partial charge is 0.390 e. The molecule has 1 N–H and O–H groups in total. The summed E-state index contributed by atoms with van der Waals surface area (Å²) < 4.78 is 0. The molecule has 4 heteroatoms. The lowest BCUT2D eigenvalue weighted by atomic mass is 10.4. The van der Waals surface area contributed by atoms with Crippen molar-refractivity contribution in [1.82, 2.24) is 4.90 Å².